The van der Waals surface area contributed by atoms with E-state index in [1.165, 1.54) is 18.4 Å². The molecule has 7 rings (SSSR count). The molecule has 1 saturated carbocycles. The Morgan fingerprint density at radius 1 is 1.00 bits per heavy atom. The monoisotopic (exact) mass is 621 g/mol. The molecule has 0 saturated heterocycles. The van der Waals surface area contributed by atoms with Crippen molar-refractivity contribution in [2.24, 2.45) is 0 Å². The molecule has 0 unspecified atom stereocenters. The third-order valence-electron chi connectivity index (χ3n) is 7.78. The molecule has 45 heavy (non-hydrogen) atoms. The molecular weight excluding hydrogens is 592 g/mol. The second-order valence-corrected chi connectivity index (χ2v) is 11.7. The molecule has 0 N–H and O–H groups in total. The summed E-state index contributed by atoms with van der Waals surface area (Å²) in [6, 6.07) is 23.7. The third-order valence-corrected chi connectivity index (χ3v) is 9.10. The van der Waals surface area contributed by atoms with Gasteiger partial charge in [0.1, 0.15) is 10.6 Å². The number of Topliss-reactive ketones (excluding diaryl/α,β-unsaturated/α-hetero) is 1. The molecule has 3 aromatic carbocycles. The first-order valence-electron chi connectivity index (χ1n) is 14.0. The van der Waals surface area contributed by atoms with E-state index >= 15 is 0 Å². The van der Waals surface area contributed by atoms with Gasteiger partial charge < -0.3 is 14.4 Å². The normalized spacial score (nSPS) is 12.6. The van der Waals surface area contributed by atoms with E-state index in [9.17, 15) is 19.5 Å². The number of carbonyl (C=O) groups is 1. The van der Waals surface area contributed by atoms with Crippen LogP contribution in [0.25, 0.3) is 32.7 Å². The summed E-state index contributed by atoms with van der Waals surface area (Å²) in [5.41, 5.74) is 2.45. The summed E-state index contributed by atoms with van der Waals surface area (Å²) >= 11 is 1.47. The maximum atomic E-state index is 13.9. The first-order valence-corrected chi connectivity index (χ1v) is 14.9. The number of carbonyl (C=O) groups excluding carboxylic acids is 1. The zero-order valence-corrected chi connectivity index (χ0v) is 24.4. The molecule has 3 aromatic heterocycles. The van der Waals surface area contributed by atoms with Gasteiger partial charge in [0.15, 0.2) is 17.7 Å². The van der Waals surface area contributed by atoms with Crippen molar-refractivity contribution in [2.75, 3.05) is 7.11 Å². The molecule has 6 aromatic rings. The van der Waals surface area contributed by atoms with Crippen LogP contribution in [0, 0.1) is 0 Å². The number of ether oxygens (including phenoxy) is 1. The van der Waals surface area contributed by atoms with Gasteiger partial charge in [-0.15, -0.1) is 11.3 Å². The maximum Gasteiger partial charge on any atom is 0.332 e. The first kappa shape index (κ1) is 29.8. The van der Waals surface area contributed by atoms with Gasteiger partial charge in [0.2, 0.25) is 0 Å². The number of hydrogen-bond donors (Lipinski definition) is 0. The van der Waals surface area contributed by atoms with Gasteiger partial charge in [-0.3, -0.25) is 18.7 Å². The summed E-state index contributed by atoms with van der Waals surface area (Å²) in [4.78, 5) is 46.4. The number of para-hydroxylation sites is 1. The van der Waals surface area contributed by atoms with E-state index in [0.717, 1.165) is 39.0 Å². The predicted molar refractivity (Wildman–Crippen MR) is 170 cm³/mol. The summed E-state index contributed by atoms with van der Waals surface area (Å²) < 4.78 is 12.6. The average molecular weight is 622 g/mol. The largest absolute Gasteiger partial charge is 0.528 e. The fourth-order valence-electron chi connectivity index (χ4n) is 5.39. The summed E-state index contributed by atoms with van der Waals surface area (Å²) in [7, 11) is 1.47. The van der Waals surface area contributed by atoms with Gasteiger partial charge in [-0.1, -0.05) is 68.1 Å². The topological polar surface area (TPSA) is 132 Å². The number of rotatable bonds is 9. The van der Waals surface area contributed by atoms with Gasteiger partial charge in [-0.2, -0.15) is 5.16 Å². The Balaban J connectivity index is 0.00000357. The highest BCUT2D eigenvalue weighted by Crippen LogP contribution is 2.44. The SMILES string of the molecule is C.COc1ccccc1C(=O)Cn1c(=O)c2cc(C3CC3)sc2n(Cc2ccc(-c3ccccc3-c3noc([O-])n3)cc2)c1=O. The fourth-order valence-corrected chi connectivity index (χ4v) is 6.70. The lowest BCUT2D eigenvalue weighted by Crippen LogP contribution is -2.41. The highest BCUT2D eigenvalue weighted by Gasteiger charge is 2.28. The number of nitrogens with zero attached hydrogens (tertiary/aromatic N) is 4. The molecule has 1 aliphatic carbocycles. The maximum absolute atomic E-state index is 13.9. The van der Waals surface area contributed by atoms with E-state index in [1.54, 1.807) is 28.8 Å². The standard InChI is InChI=1S/C33H26N4O6S.CH4/c1-42-27-9-5-4-8-24(27)26(38)18-36-30(39)25-16-28(21-14-15-21)44-31(25)37(33(36)41)17-19-10-12-20(13-11-19)22-6-2-3-7-23(22)29-34-32(40)43-35-29;/h2-13,16,21H,14-15,17-18H2,1H3,(H,34,35,40);1H4/p-1. The van der Waals surface area contributed by atoms with Gasteiger partial charge in [0, 0.05) is 10.4 Å². The van der Waals surface area contributed by atoms with Crippen molar-refractivity contribution < 1.29 is 19.2 Å². The Kier molecular flexibility index (Phi) is 7.94. The number of aromatic nitrogens is 4. The molecule has 228 valence electrons. The number of hydrogen-bond acceptors (Lipinski definition) is 9. The molecule has 0 aliphatic heterocycles. The molecule has 11 heteroatoms. The van der Waals surface area contributed by atoms with Crippen LogP contribution in [0.3, 0.4) is 0 Å². The lowest BCUT2D eigenvalue weighted by atomic mass is 9.98. The van der Waals surface area contributed by atoms with Crippen molar-refractivity contribution in [2.45, 2.75) is 39.3 Å². The van der Waals surface area contributed by atoms with Crippen molar-refractivity contribution in [3.63, 3.8) is 0 Å². The molecule has 0 atom stereocenters. The zero-order chi connectivity index (χ0) is 30.4. The van der Waals surface area contributed by atoms with E-state index in [2.05, 4.69) is 14.7 Å². The number of thiophene rings is 1. The molecule has 0 bridgehead atoms. The van der Waals surface area contributed by atoms with Crippen LogP contribution in [0.2, 0.25) is 0 Å². The van der Waals surface area contributed by atoms with Crippen LogP contribution in [-0.2, 0) is 13.1 Å². The molecule has 0 spiro atoms. The number of ketones is 1. The lowest BCUT2D eigenvalue weighted by Gasteiger charge is -2.13. The van der Waals surface area contributed by atoms with Crippen LogP contribution in [0.15, 0.2) is 93.0 Å². The van der Waals surface area contributed by atoms with E-state index in [0.29, 0.717) is 33.0 Å². The first-order chi connectivity index (χ1) is 21.4. The van der Waals surface area contributed by atoms with Gasteiger partial charge >= 0.3 is 5.69 Å². The molecule has 10 nitrogen and oxygen atoms in total. The van der Waals surface area contributed by atoms with E-state index in [-0.39, 0.29) is 25.6 Å². The predicted octanol–water partition coefficient (Wildman–Crippen LogP) is 5.47. The average Bonchev–Trinajstić information content (AvgIpc) is 3.66. The Morgan fingerprint density at radius 2 is 1.71 bits per heavy atom. The molecular formula is C34H29N4O6S-. The Labute approximate surface area is 261 Å². The minimum atomic E-state index is -0.758. The quantitative estimate of drug-likeness (QED) is 0.194. The van der Waals surface area contributed by atoms with Crippen molar-refractivity contribution in [3.05, 3.63) is 116 Å². The highest BCUT2D eigenvalue weighted by atomic mass is 32.1. The van der Waals surface area contributed by atoms with Gasteiger partial charge in [-0.25, -0.2) is 9.78 Å². The lowest BCUT2D eigenvalue weighted by molar-refractivity contribution is -0.303. The van der Waals surface area contributed by atoms with Crippen LogP contribution in [0.1, 0.15) is 47.0 Å². The molecule has 0 amide bonds. The van der Waals surface area contributed by atoms with E-state index in [1.807, 2.05) is 54.6 Å². The van der Waals surface area contributed by atoms with Crippen LogP contribution >= 0.6 is 11.3 Å². The van der Waals surface area contributed by atoms with Crippen molar-refractivity contribution in [1.29, 1.82) is 0 Å². The molecule has 1 aliphatic rings. The summed E-state index contributed by atoms with van der Waals surface area (Å²) in [6.45, 7) is -0.200. The van der Waals surface area contributed by atoms with Gasteiger partial charge in [-0.05, 0) is 53.6 Å². The van der Waals surface area contributed by atoms with Crippen LogP contribution < -0.4 is 21.1 Å². The summed E-state index contributed by atoms with van der Waals surface area (Å²) in [6.07, 6.45) is 1.35. The number of methoxy groups -OCH3 is 1. The molecule has 0 radical (unpaired) electrons. The minimum Gasteiger partial charge on any atom is -0.528 e. The van der Waals surface area contributed by atoms with Crippen LogP contribution in [-0.4, -0.2) is 32.2 Å². The number of fused-ring (bicyclic) bond motifs is 1. The van der Waals surface area contributed by atoms with Gasteiger partial charge in [0.25, 0.3) is 5.56 Å². The van der Waals surface area contributed by atoms with E-state index < -0.39 is 23.9 Å². The smallest absolute Gasteiger partial charge is 0.332 e. The second-order valence-electron chi connectivity index (χ2n) is 10.7. The zero-order valence-electron chi connectivity index (χ0n) is 23.6. The highest BCUT2D eigenvalue weighted by molar-refractivity contribution is 7.18. The second kappa shape index (κ2) is 12.0. The minimum absolute atomic E-state index is 0. The number of benzene rings is 3. The molecule has 1 fully saturated rings. The van der Waals surface area contributed by atoms with Crippen LogP contribution in [0.4, 0.5) is 0 Å². The Hall–Kier alpha value is -5.29. The van der Waals surface area contributed by atoms with Crippen molar-refractivity contribution in [3.8, 4) is 34.3 Å². The summed E-state index contributed by atoms with van der Waals surface area (Å²) in [5, 5.41) is 15.7. The van der Waals surface area contributed by atoms with Crippen LogP contribution in [0.5, 0.6) is 11.8 Å². The summed E-state index contributed by atoms with van der Waals surface area (Å²) in [5.74, 6) is 0.597. The Morgan fingerprint density at radius 3 is 2.40 bits per heavy atom. The van der Waals surface area contributed by atoms with E-state index in [4.69, 9.17) is 4.74 Å². The van der Waals surface area contributed by atoms with Gasteiger partial charge in [0.05, 0.1) is 31.1 Å². The third kappa shape index (κ3) is 5.58. The Bertz CT molecular complexity index is 2150. The van der Waals surface area contributed by atoms with Crippen molar-refractivity contribution in [1.82, 2.24) is 19.3 Å². The molecule has 3 heterocycles. The fraction of sp³-hybridized carbons (Fsp3) is 0.206. The van der Waals surface area contributed by atoms with Crippen molar-refractivity contribution >= 4 is 27.3 Å².